The number of allylic oxidation sites excluding steroid dienone is 3. The van der Waals surface area contributed by atoms with Crippen molar-refractivity contribution in [3.8, 4) is 6.07 Å². The molecule has 2 N–H and O–H groups in total. The molecule has 1 aliphatic heterocycles. The quantitative estimate of drug-likeness (QED) is 0.299. The highest BCUT2D eigenvalue weighted by Gasteiger charge is 2.41. The zero-order valence-electron chi connectivity index (χ0n) is 21.5. The van der Waals surface area contributed by atoms with Gasteiger partial charge in [0.2, 0.25) is 0 Å². The summed E-state index contributed by atoms with van der Waals surface area (Å²) < 4.78 is 0. The van der Waals surface area contributed by atoms with Crippen LogP contribution in [0.5, 0.6) is 0 Å². The van der Waals surface area contributed by atoms with E-state index in [-0.39, 0.29) is 5.78 Å². The predicted molar refractivity (Wildman–Crippen MR) is 161 cm³/mol. The van der Waals surface area contributed by atoms with Crippen molar-refractivity contribution >= 4 is 58.0 Å². The number of aryl methyl sites for hydroxylation is 1. The number of hydrogen-bond acceptors (Lipinski definition) is 5. The number of rotatable bonds is 5. The smallest absolute Gasteiger partial charge is 0.161 e. The summed E-state index contributed by atoms with van der Waals surface area (Å²) in [4.78, 5) is 16.3. The van der Waals surface area contributed by atoms with E-state index >= 15 is 0 Å². The Kier molecular flexibility index (Phi) is 8.03. The Morgan fingerprint density at radius 2 is 1.82 bits per heavy atom. The number of ketones is 1. The number of carbonyl (C=O) groups is 1. The Bertz CT molecular complexity index is 1610. The minimum atomic E-state index is -0.536. The molecule has 39 heavy (non-hydrogen) atoms. The summed E-state index contributed by atoms with van der Waals surface area (Å²) in [5.41, 5.74) is 13.5. The molecular formula is C31H26Cl3N3OS. The van der Waals surface area contributed by atoms with Crippen molar-refractivity contribution in [2.75, 3.05) is 4.90 Å². The molecule has 0 fully saturated rings. The minimum Gasteiger partial charge on any atom is -0.384 e. The van der Waals surface area contributed by atoms with Gasteiger partial charge in [0, 0.05) is 44.1 Å². The second-order valence-corrected chi connectivity index (χ2v) is 12.1. The van der Waals surface area contributed by atoms with Crippen LogP contribution in [0.2, 0.25) is 15.1 Å². The number of nitrogens with two attached hydrogens (primary N) is 1. The Hall–Kier alpha value is -2.88. The lowest BCUT2D eigenvalue weighted by Gasteiger charge is -2.40. The average molecular weight is 595 g/mol. The standard InChI is InChI=1S/C31H26Cl3N3OS/c1-17-11-19(16-39-28-14-21(33)9-10-25(28)34)18(2)23(12-17)29-24(15-35)31(36)37(22-6-3-5-20(32)13-22)26-7-4-8-27(38)30(26)29/h3,5-6,9-14,29H,4,7-8,16,36H2,1-2H3. The first-order chi connectivity index (χ1) is 18.7. The van der Waals surface area contributed by atoms with E-state index in [0.717, 1.165) is 45.0 Å². The predicted octanol–water partition coefficient (Wildman–Crippen LogP) is 8.86. The molecule has 1 heterocycles. The molecule has 0 saturated carbocycles. The number of benzene rings is 3. The summed E-state index contributed by atoms with van der Waals surface area (Å²) in [7, 11) is 0. The monoisotopic (exact) mass is 593 g/mol. The summed E-state index contributed by atoms with van der Waals surface area (Å²) in [5, 5.41) is 12.3. The van der Waals surface area contributed by atoms with Gasteiger partial charge < -0.3 is 5.73 Å². The van der Waals surface area contributed by atoms with Crippen molar-refractivity contribution in [1.82, 2.24) is 0 Å². The van der Waals surface area contributed by atoms with Crippen LogP contribution in [0.3, 0.4) is 0 Å². The number of carbonyl (C=O) groups excluding carboxylic acids is 1. The summed E-state index contributed by atoms with van der Waals surface area (Å²) in [6.07, 6.45) is 1.86. The van der Waals surface area contributed by atoms with Gasteiger partial charge in [-0.15, -0.1) is 11.8 Å². The van der Waals surface area contributed by atoms with Gasteiger partial charge in [0.15, 0.2) is 5.78 Å². The van der Waals surface area contributed by atoms with Gasteiger partial charge in [-0.05, 0) is 79.8 Å². The van der Waals surface area contributed by atoms with Crippen molar-refractivity contribution in [3.05, 3.63) is 115 Å². The van der Waals surface area contributed by atoms with Crippen LogP contribution in [0.1, 0.15) is 47.4 Å². The molecule has 198 valence electrons. The van der Waals surface area contributed by atoms with E-state index in [2.05, 4.69) is 18.2 Å². The molecule has 3 aromatic carbocycles. The van der Waals surface area contributed by atoms with Crippen LogP contribution in [-0.2, 0) is 10.5 Å². The Balaban J connectivity index is 1.64. The molecule has 4 nitrogen and oxygen atoms in total. The van der Waals surface area contributed by atoms with Crippen LogP contribution in [0.4, 0.5) is 5.69 Å². The number of halogens is 3. The molecule has 0 spiro atoms. The van der Waals surface area contributed by atoms with Gasteiger partial charge in [-0.1, -0.05) is 58.6 Å². The van der Waals surface area contributed by atoms with Crippen molar-refractivity contribution in [2.45, 2.75) is 49.7 Å². The maximum atomic E-state index is 13.6. The van der Waals surface area contributed by atoms with Gasteiger partial charge in [-0.3, -0.25) is 9.69 Å². The third kappa shape index (κ3) is 5.32. The van der Waals surface area contributed by atoms with Crippen LogP contribution in [0.15, 0.2) is 82.2 Å². The molecule has 0 aromatic heterocycles. The van der Waals surface area contributed by atoms with E-state index in [4.69, 9.17) is 40.5 Å². The van der Waals surface area contributed by atoms with E-state index in [9.17, 15) is 10.1 Å². The van der Waals surface area contributed by atoms with Crippen LogP contribution in [0.25, 0.3) is 0 Å². The molecule has 1 unspecified atom stereocenters. The number of nitrogens with zero attached hydrogens (tertiary/aromatic N) is 2. The molecule has 0 radical (unpaired) electrons. The van der Waals surface area contributed by atoms with Gasteiger partial charge in [0.25, 0.3) is 0 Å². The summed E-state index contributed by atoms with van der Waals surface area (Å²) >= 11 is 20.5. The van der Waals surface area contributed by atoms with Crippen LogP contribution < -0.4 is 10.6 Å². The highest BCUT2D eigenvalue weighted by molar-refractivity contribution is 7.98. The van der Waals surface area contributed by atoms with Crippen molar-refractivity contribution in [3.63, 3.8) is 0 Å². The molecular weight excluding hydrogens is 569 g/mol. The van der Waals surface area contributed by atoms with E-state index in [1.165, 1.54) is 0 Å². The first-order valence-electron chi connectivity index (χ1n) is 12.6. The highest BCUT2D eigenvalue weighted by atomic mass is 35.5. The van der Waals surface area contributed by atoms with Gasteiger partial charge in [0.05, 0.1) is 22.6 Å². The van der Waals surface area contributed by atoms with Gasteiger partial charge in [-0.2, -0.15) is 5.26 Å². The molecule has 8 heteroatoms. The normalized spacial score (nSPS) is 17.4. The Morgan fingerprint density at radius 1 is 1.05 bits per heavy atom. The first kappa shape index (κ1) is 27.7. The summed E-state index contributed by atoms with van der Waals surface area (Å²) in [5.74, 6) is 0.506. The topological polar surface area (TPSA) is 70.1 Å². The lowest BCUT2D eigenvalue weighted by atomic mass is 9.73. The molecule has 0 amide bonds. The summed E-state index contributed by atoms with van der Waals surface area (Å²) in [6, 6.07) is 19.3. The van der Waals surface area contributed by atoms with Crippen molar-refractivity contribution in [1.29, 1.82) is 5.26 Å². The highest BCUT2D eigenvalue weighted by Crippen LogP contribution is 2.48. The average Bonchev–Trinajstić information content (AvgIpc) is 2.90. The lowest BCUT2D eigenvalue weighted by molar-refractivity contribution is -0.116. The maximum Gasteiger partial charge on any atom is 0.161 e. The van der Waals surface area contributed by atoms with Gasteiger partial charge >= 0.3 is 0 Å². The number of anilines is 1. The maximum absolute atomic E-state index is 13.6. The third-order valence-corrected chi connectivity index (χ3v) is 9.28. The number of hydrogen-bond donors (Lipinski definition) is 1. The second-order valence-electron chi connectivity index (χ2n) is 9.80. The lowest BCUT2D eigenvalue weighted by Crippen LogP contribution is -2.39. The molecule has 3 aromatic rings. The Labute approximate surface area is 248 Å². The van der Waals surface area contributed by atoms with E-state index in [1.807, 2.05) is 43.0 Å². The van der Waals surface area contributed by atoms with E-state index < -0.39 is 5.92 Å². The summed E-state index contributed by atoms with van der Waals surface area (Å²) in [6.45, 7) is 4.08. The SMILES string of the molecule is Cc1cc(CSc2cc(Cl)ccc2Cl)c(C)c(C2C(C#N)=C(N)N(c3cccc(Cl)c3)C3=C2C(=O)CCC3)c1. The molecule has 0 saturated heterocycles. The minimum absolute atomic E-state index is 0.0519. The second kappa shape index (κ2) is 11.3. The Morgan fingerprint density at radius 3 is 2.56 bits per heavy atom. The zero-order valence-corrected chi connectivity index (χ0v) is 24.6. The van der Waals surface area contributed by atoms with Crippen LogP contribution in [0, 0.1) is 25.2 Å². The fraction of sp³-hybridized carbons (Fsp3) is 0.226. The first-order valence-corrected chi connectivity index (χ1v) is 14.7. The van der Waals surface area contributed by atoms with E-state index in [1.54, 1.807) is 30.0 Å². The van der Waals surface area contributed by atoms with Crippen LogP contribution >= 0.6 is 46.6 Å². The third-order valence-electron chi connectivity index (χ3n) is 7.27. The molecule has 2 aliphatic rings. The number of thioether (sulfide) groups is 1. The van der Waals surface area contributed by atoms with E-state index in [0.29, 0.717) is 50.6 Å². The van der Waals surface area contributed by atoms with Crippen molar-refractivity contribution in [2.24, 2.45) is 5.73 Å². The number of Topliss-reactive ketones (excluding diaryl/α,β-unsaturated/α-hetero) is 1. The molecule has 1 atom stereocenters. The van der Waals surface area contributed by atoms with Gasteiger partial charge in [-0.25, -0.2) is 0 Å². The molecule has 1 aliphatic carbocycles. The number of nitriles is 1. The van der Waals surface area contributed by atoms with Gasteiger partial charge in [0.1, 0.15) is 5.82 Å². The largest absolute Gasteiger partial charge is 0.384 e. The zero-order chi connectivity index (χ0) is 27.8. The molecule has 5 rings (SSSR count). The van der Waals surface area contributed by atoms with Crippen LogP contribution in [-0.4, -0.2) is 5.78 Å². The fourth-order valence-corrected chi connectivity index (χ4v) is 7.19. The fourth-order valence-electron chi connectivity index (χ4n) is 5.46. The van der Waals surface area contributed by atoms with Crippen molar-refractivity contribution < 1.29 is 4.79 Å². The molecule has 0 bridgehead atoms.